The highest BCUT2D eigenvalue weighted by atomic mass is 35.5. The van der Waals surface area contributed by atoms with Crippen molar-refractivity contribution in [1.29, 1.82) is 0 Å². The minimum atomic E-state index is 0.0429. The Hall–Kier alpha value is -0.800. The van der Waals surface area contributed by atoms with E-state index in [1.165, 1.54) is 6.07 Å². The summed E-state index contributed by atoms with van der Waals surface area (Å²) in [6.45, 7) is 1.95. The smallest absolute Gasteiger partial charge is 0.250 e. The molecule has 0 bridgehead atoms. The van der Waals surface area contributed by atoms with E-state index in [0.717, 1.165) is 25.9 Å². The second kappa shape index (κ2) is 4.15. The number of aromatic nitrogens is 1. The second-order valence-corrected chi connectivity index (χ2v) is 4.01. The maximum atomic E-state index is 11.6. The molecule has 1 N–H and O–H groups in total. The van der Waals surface area contributed by atoms with Crippen molar-refractivity contribution >= 4 is 11.6 Å². The van der Waals surface area contributed by atoms with Crippen molar-refractivity contribution < 1.29 is 0 Å². The van der Waals surface area contributed by atoms with Gasteiger partial charge >= 0.3 is 0 Å². The molecular formula is C10H13ClN2O. The maximum absolute atomic E-state index is 11.6. The number of nitrogens with zero attached hydrogens (tertiary/aromatic N) is 1. The molecule has 2 heterocycles. The van der Waals surface area contributed by atoms with Crippen LogP contribution in [0.3, 0.4) is 0 Å². The summed E-state index contributed by atoms with van der Waals surface area (Å²) in [5.41, 5.74) is 0.0429. The minimum absolute atomic E-state index is 0.0429. The largest absolute Gasteiger partial charge is 0.317 e. The van der Waals surface area contributed by atoms with Crippen LogP contribution < -0.4 is 10.9 Å². The highest BCUT2D eigenvalue weighted by molar-refractivity contribution is 6.30. The zero-order valence-corrected chi connectivity index (χ0v) is 8.63. The van der Waals surface area contributed by atoms with E-state index in [9.17, 15) is 4.79 Å². The molecule has 4 heteroatoms. The normalized spacial score (nSPS) is 18.4. The zero-order valence-electron chi connectivity index (χ0n) is 7.87. The Morgan fingerprint density at radius 2 is 2.07 bits per heavy atom. The highest BCUT2D eigenvalue weighted by Gasteiger charge is 2.15. The lowest BCUT2D eigenvalue weighted by Gasteiger charge is -2.24. The number of piperidine rings is 1. The Labute approximate surface area is 87.7 Å². The molecule has 1 aliphatic rings. The molecule has 0 amide bonds. The fraction of sp³-hybridized carbons (Fsp3) is 0.500. The standard InChI is InChI=1S/C10H13ClN2O/c11-8-1-2-10(14)13(7-8)9-3-5-12-6-4-9/h1-2,7,9,12H,3-6H2. The molecule has 1 saturated heterocycles. The Morgan fingerprint density at radius 1 is 1.36 bits per heavy atom. The Bertz CT molecular complexity index is 369. The molecule has 1 aromatic heterocycles. The number of hydrogen-bond acceptors (Lipinski definition) is 2. The molecule has 0 radical (unpaired) electrons. The van der Waals surface area contributed by atoms with Crippen LogP contribution in [0.2, 0.25) is 5.02 Å². The van der Waals surface area contributed by atoms with Gasteiger partial charge in [-0.15, -0.1) is 0 Å². The molecule has 0 spiro atoms. The zero-order chi connectivity index (χ0) is 9.97. The number of hydrogen-bond donors (Lipinski definition) is 1. The van der Waals surface area contributed by atoms with E-state index < -0.39 is 0 Å². The van der Waals surface area contributed by atoms with Gasteiger partial charge in [0.1, 0.15) is 0 Å². The molecular weight excluding hydrogens is 200 g/mol. The van der Waals surface area contributed by atoms with Crippen LogP contribution in [0.15, 0.2) is 23.1 Å². The molecule has 1 fully saturated rings. The number of nitrogens with one attached hydrogen (secondary N) is 1. The van der Waals surface area contributed by atoms with Gasteiger partial charge in [-0.3, -0.25) is 4.79 Å². The molecule has 76 valence electrons. The average Bonchev–Trinajstić information content (AvgIpc) is 2.23. The van der Waals surface area contributed by atoms with Crippen LogP contribution in [-0.4, -0.2) is 17.7 Å². The quantitative estimate of drug-likeness (QED) is 0.764. The van der Waals surface area contributed by atoms with E-state index in [0.29, 0.717) is 11.1 Å². The third-order valence-corrected chi connectivity index (χ3v) is 2.83. The summed E-state index contributed by atoms with van der Waals surface area (Å²) in [6, 6.07) is 3.48. The summed E-state index contributed by atoms with van der Waals surface area (Å²) in [5, 5.41) is 3.90. The lowest BCUT2D eigenvalue weighted by Crippen LogP contribution is -2.33. The van der Waals surface area contributed by atoms with Crippen LogP contribution >= 0.6 is 11.6 Å². The minimum Gasteiger partial charge on any atom is -0.317 e. The maximum Gasteiger partial charge on any atom is 0.250 e. The number of rotatable bonds is 1. The summed E-state index contributed by atoms with van der Waals surface area (Å²) in [5.74, 6) is 0. The van der Waals surface area contributed by atoms with E-state index in [2.05, 4.69) is 5.32 Å². The van der Waals surface area contributed by atoms with Gasteiger partial charge in [-0.25, -0.2) is 0 Å². The monoisotopic (exact) mass is 212 g/mol. The first kappa shape index (κ1) is 9.74. The molecule has 2 rings (SSSR count). The van der Waals surface area contributed by atoms with E-state index >= 15 is 0 Å². The van der Waals surface area contributed by atoms with Gasteiger partial charge in [0.15, 0.2) is 0 Å². The first-order chi connectivity index (χ1) is 6.77. The number of halogens is 1. The lowest BCUT2D eigenvalue weighted by atomic mass is 10.1. The first-order valence-corrected chi connectivity index (χ1v) is 5.23. The van der Waals surface area contributed by atoms with Gasteiger partial charge in [-0.1, -0.05) is 11.6 Å². The van der Waals surface area contributed by atoms with Gasteiger partial charge in [0, 0.05) is 18.3 Å². The van der Waals surface area contributed by atoms with E-state index in [-0.39, 0.29) is 5.56 Å². The second-order valence-electron chi connectivity index (χ2n) is 3.57. The Morgan fingerprint density at radius 3 is 2.79 bits per heavy atom. The molecule has 0 atom stereocenters. The van der Waals surface area contributed by atoms with Crippen molar-refractivity contribution in [3.8, 4) is 0 Å². The van der Waals surface area contributed by atoms with Crippen molar-refractivity contribution in [2.24, 2.45) is 0 Å². The van der Waals surface area contributed by atoms with Gasteiger partial charge in [0.2, 0.25) is 0 Å². The molecule has 0 aliphatic carbocycles. The first-order valence-electron chi connectivity index (χ1n) is 4.86. The summed E-state index contributed by atoms with van der Waals surface area (Å²) in [7, 11) is 0. The molecule has 3 nitrogen and oxygen atoms in total. The summed E-state index contributed by atoms with van der Waals surface area (Å²) in [4.78, 5) is 11.6. The van der Waals surface area contributed by atoms with Gasteiger partial charge in [-0.05, 0) is 32.0 Å². The van der Waals surface area contributed by atoms with Crippen LogP contribution in [-0.2, 0) is 0 Å². The van der Waals surface area contributed by atoms with Crippen molar-refractivity contribution in [3.63, 3.8) is 0 Å². The molecule has 0 unspecified atom stereocenters. The van der Waals surface area contributed by atoms with E-state index in [4.69, 9.17) is 11.6 Å². The molecule has 0 aromatic carbocycles. The summed E-state index contributed by atoms with van der Waals surface area (Å²) < 4.78 is 1.75. The Kier molecular flexibility index (Phi) is 2.89. The fourth-order valence-corrected chi connectivity index (χ4v) is 2.01. The molecule has 0 saturated carbocycles. The molecule has 1 aromatic rings. The van der Waals surface area contributed by atoms with Crippen LogP contribution in [0.25, 0.3) is 0 Å². The van der Waals surface area contributed by atoms with E-state index in [1.54, 1.807) is 16.8 Å². The number of pyridine rings is 1. The van der Waals surface area contributed by atoms with Crippen LogP contribution in [0.4, 0.5) is 0 Å². The van der Waals surface area contributed by atoms with E-state index in [1.807, 2.05) is 0 Å². The van der Waals surface area contributed by atoms with Gasteiger partial charge in [0.05, 0.1) is 5.02 Å². The lowest BCUT2D eigenvalue weighted by molar-refractivity contribution is 0.361. The predicted octanol–water partition coefficient (Wildman–Crippen LogP) is 1.43. The third-order valence-electron chi connectivity index (χ3n) is 2.60. The van der Waals surface area contributed by atoms with Crippen molar-refractivity contribution in [2.75, 3.05) is 13.1 Å². The van der Waals surface area contributed by atoms with Gasteiger partial charge in [-0.2, -0.15) is 0 Å². The summed E-state index contributed by atoms with van der Waals surface area (Å²) in [6.07, 6.45) is 3.74. The molecule has 14 heavy (non-hydrogen) atoms. The SMILES string of the molecule is O=c1ccc(Cl)cn1C1CCNCC1. The van der Waals surface area contributed by atoms with Crippen LogP contribution in [0.1, 0.15) is 18.9 Å². The topological polar surface area (TPSA) is 34.0 Å². The fourth-order valence-electron chi connectivity index (χ4n) is 1.85. The highest BCUT2D eigenvalue weighted by Crippen LogP contribution is 2.17. The molecule has 1 aliphatic heterocycles. The van der Waals surface area contributed by atoms with Crippen LogP contribution in [0, 0.1) is 0 Å². The van der Waals surface area contributed by atoms with Crippen molar-refractivity contribution in [1.82, 2.24) is 9.88 Å². The van der Waals surface area contributed by atoms with Gasteiger partial charge in [0.25, 0.3) is 5.56 Å². The third kappa shape index (κ3) is 1.99. The van der Waals surface area contributed by atoms with Crippen molar-refractivity contribution in [2.45, 2.75) is 18.9 Å². The van der Waals surface area contributed by atoms with Crippen LogP contribution in [0.5, 0.6) is 0 Å². The predicted molar refractivity (Wildman–Crippen MR) is 56.9 cm³/mol. The van der Waals surface area contributed by atoms with Gasteiger partial charge < -0.3 is 9.88 Å². The average molecular weight is 213 g/mol. The van der Waals surface area contributed by atoms with Crippen molar-refractivity contribution in [3.05, 3.63) is 33.7 Å². The summed E-state index contributed by atoms with van der Waals surface area (Å²) >= 11 is 5.86. The Balaban J connectivity index is 2.29.